The normalized spacial score (nSPS) is 12.7. The summed E-state index contributed by atoms with van der Waals surface area (Å²) in [4.78, 5) is 4.25. The lowest BCUT2D eigenvalue weighted by atomic mass is 10.2. The van der Waals surface area contributed by atoms with Crippen molar-refractivity contribution >= 4 is 40.9 Å². The summed E-state index contributed by atoms with van der Waals surface area (Å²) in [5, 5.41) is 15.9. The number of aromatic nitrogens is 3. The summed E-state index contributed by atoms with van der Waals surface area (Å²) in [6.45, 7) is 4.51. The number of nitrogens with one attached hydrogen (secondary N) is 2. The molecule has 1 unspecified atom stereocenters. The zero-order valence-electron chi connectivity index (χ0n) is 14.8. The van der Waals surface area contributed by atoms with E-state index in [-0.39, 0.29) is 30.0 Å². The number of fused-ring (bicyclic) bond motifs is 1. The number of nitrogens with zero attached hydrogens (tertiary/aromatic N) is 4. The van der Waals surface area contributed by atoms with Gasteiger partial charge in [0.2, 0.25) is 0 Å². The van der Waals surface area contributed by atoms with Gasteiger partial charge in [0.05, 0.1) is 12.6 Å². The molecule has 0 aliphatic rings. The summed E-state index contributed by atoms with van der Waals surface area (Å²) in [6.07, 6.45) is 0. The minimum absolute atomic E-state index is 0. The molecule has 1 atom stereocenters. The van der Waals surface area contributed by atoms with E-state index in [2.05, 4.69) is 25.8 Å². The second-order valence-electron chi connectivity index (χ2n) is 5.70. The standard InChI is InChI=1S/C17H22N6O.HI/c1-11(15-9-13-7-5-6-8-14(13)24-15)20-17(18-3)19-10-16-22-21-12(2)23(16)4;/h5-9,11H,10H2,1-4H3,(H2,18,19,20);1H. The molecular formula is C17H23IN6O. The fraction of sp³-hybridized carbons (Fsp3) is 0.353. The average Bonchev–Trinajstić information content (AvgIpc) is 3.16. The molecule has 1 aromatic carbocycles. The van der Waals surface area contributed by atoms with Crippen molar-refractivity contribution in [2.45, 2.75) is 26.4 Å². The fourth-order valence-corrected chi connectivity index (χ4v) is 2.45. The van der Waals surface area contributed by atoms with E-state index < -0.39 is 0 Å². The van der Waals surface area contributed by atoms with Crippen LogP contribution < -0.4 is 10.6 Å². The first-order valence-corrected chi connectivity index (χ1v) is 7.89. The van der Waals surface area contributed by atoms with Crippen LogP contribution in [0.1, 0.15) is 30.4 Å². The van der Waals surface area contributed by atoms with Crippen molar-refractivity contribution in [1.82, 2.24) is 25.4 Å². The molecule has 0 bridgehead atoms. The van der Waals surface area contributed by atoms with Gasteiger partial charge in [-0.15, -0.1) is 34.2 Å². The molecule has 0 amide bonds. The Morgan fingerprint density at radius 1 is 1.32 bits per heavy atom. The number of furan rings is 1. The number of guanidine groups is 1. The average molecular weight is 454 g/mol. The van der Waals surface area contributed by atoms with E-state index in [1.807, 2.05) is 55.8 Å². The molecule has 3 rings (SSSR count). The minimum Gasteiger partial charge on any atom is -0.459 e. The molecule has 7 nitrogen and oxygen atoms in total. The van der Waals surface area contributed by atoms with Crippen LogP contribution in [0.2, 0.25) is 0 Å². The summed E-state index contributed by atoms with van der Waals surface area (Å²) in [7, 11) is 3.68. The summed E-state index contributed by atoms with van der Waals surface area (Å²) in [5.74, 6) is 3.29. The third kappa shape index (κ3) is 4.30. The first-order valence-electron chi connectivity index (χ1n) is 7.89. The Kier molecular flexibility index (Phi) is 6.40. The number of hydrogen-bond donors (Lipinski definition) is 2. The SMILES string of the molecule is CN=C(NCc1nnc(C)n1C)NC(C)c1cc2ccccc2o1.I. The van der Waals surface area contributed by atoms with Crippen LogP contribution in [0.15, 0.2) is 39.7 Å². The maximum absolute atomic E-state index is 5.89. The highest BCUT2D eigenvalue weighted by Crippen LogP contribution is 2.23. The topological polar surface area (TPSA) is 80.3 Å². The van der Waals surface area contributed by atoms with Crippen molar-refractivity contribution < 1.29 is 4.42 Å². The maximum Gasteiger partial charge on any atom is 0.191 e. The Morgan fingerprint density at radius 2 is 2.08 bits per heavy atom. The Balaban J connectivity index is 0.00000225. The van der Waals surface area contributed by atoms with Gasteiger partial charge in [-0.3, -0.25) is 4.99 Å². The smallest absolute Gasteiger partial charge is 0.191 e. The lowest BCUT2D eigenvalue weighted by Gasteiger charge is -2.16. The molecular weight excluding hydrogens is 431 g/mol. The van der Waals surface area contributed by atoms with Crippen LogP contribution in [-0.4, -0.2) is 27.8 Å². The van der Waals surface area contributed by atoms with Gasteiger partial charge in [-0.05, 0) is 26.0 Å². The summed E-state index contributed by atoms with van der Waals surface area (Å²) < 4.78 is 7.84. The summed E-state index contributed by atoms with van der Waals surface area (Å²) in [5.41, 5.74) is 0.888. The molecule has 25 heavy (non-hydrogen) atoms. The number of aliphatic imine (C=N–C) groups is 1. The number of para-hydroxylation sites is 1. The van der Waals surface area contributed by atoms with Crippen LogP contribution in [0.3, 0.4) is 0 Å². The van der Waals surface area contributed by atoms with Gasteiger partial charge in [-0.1, -0.05) is 18.2 Å². The van der Waals surface area contributed by atoms with E-state index in [1.165, 1.54) is 0 Å². The van der Waals surface area contributed by atoms with E-state index in [4.69, 9.17) is 4.42 Å². The van der Waals surface area contributed by atoms with Gasteiger partial charge in [0.25, 0.3) is 0 Å². The molecule has 0 radical (unpaired) electrons. The van der Waals surface area contributed by atoms with Gasteiger partial charge in [0.15, 0.2) is 11.8 Å². The molecule has 8 heteroatoms. The third-order valence-corrected chi connectivity index (χ3v) is 4.04. The van der Waals surface area contributed by atoms with Crippen molar-refractivity contribution in [3.8, 4) is 0 Å². The Bertz CT molecular complexity index is 836. The predicted octanol–water partition coefficient (Wildman–Crippen LogP) is 2.91. The second-order valence-corrected chi connectivity index (χ2v) is 5.70. The molecule has 0 fully saturated rings. The minimum atomic E-state index is -0.00941. The Labute approximate surface area is 163 Å². The number of aryl methyl sites for hydroxylation is 1. The Morgan fingerprint density at radius 3 is 2.72 bits per heavy atom. The monoisotopic (exact) mass is 454 g/mol. The van der Waals surface area contributed by atoms with Crippen LogP contribution in [0, 0.1) is 6.92 Å². The number of rotatable bonds is 4. The highest BCUT2D eigenvalue weighted by atomic mass is 127. The molecule has 0 saturated carbocycles. The van der Waals surface area contributed by atoms with E-state index in [9.17, 15) is 0 Å². The molecule has 0 spiro atoms. The van der Waals surface area contributed by atoms with Crippen molar-refractivity contribution in [2.75, 3.05) is 7.05 Å². The lowest BCUT2D eigenvalue weighted by Crippen LogP contribution is -2.38. The van der Waals surface area contributed by atoms with E-state index in [0.29, 0.717) is 12.5 Å². The molecule has 2 heterocycles. The number of hydrogen-bond acceptors (Lipinski definition) is 4. The van der Waals surface area contributed by atoms with Crippen molar-refractivity contribution in [2.24, 2.45) is 12.0 Å². The molecule has 0 aliphatic carbocycles. The van der Waals surface area contributed by atoms with Gasteiger partial charge in [0, 0.05) is 19.5 Å². The lowest BCUT2D eigenvalue weighted by molar-refractivity contribution is 0.488. The molecule has 2 N–H and O–H groups in total. The van der Waals surface area contributed by atoms with Gasteiger partial charge >= 0.3 is 0 Å². The first-order chi connectivity index (χ1) is 11.6. The largest absolute Gasteiger partial charge is 0.459 e. The summed E-state index contributed by atoms with van der Waals surface area (Å²) >= 11 is 0. The molecule has 3 aromatic rings. The highest BCUT2D eigenvalue weighted by molar-refractivity contribution is 14.0. The van der Waals surface area contributed by atoms with E-state index >= 15 is 0 Å². The van der Waals surface area contributed by atoms with Crippen LogP contribution in [-0.2, 0) is 13.6 Å². The van der Waals surface area contributed by atoms with Crippen molar-refractivity contribution in [3.05, 3.63) is 47.7 Å². The molecule has 0 aliphatic heterocycles. The third-order valence-electron chi connectivity index (χ3n) is 4.04. The quantitative estimate of drug-likeness (QED) is 0.360. The molecule has 134 valence electrons. The predicted molar refractivity (Wildman–Crippen MR) is 109 cm³/mol. The van der Waals surface area contributed by atoms with Crippen LogP contribution in [0.25, 0.3) is 11.0 Å². The van der Waals surface area contributed by atoms with Crippen LogP contribution in [0.4, 0.5) is 0 Å². The van der Waals surface area contributed by atoms with Crippen LogP contribution in [0.5, 0.6) is 0 Å². The molecule has 0 saturated heterocycles. The Hall–Kier alpha value is -2.10. The molecule has 2 aromatic heterocycles. The second kappa shape index (κ2) is 8.32. The van der Waals surface area contributed by atoms with Gasteiger partial charge in [-0.25, -0.2) is 0 Å². The zero-order valence-corrected chi connectivity index (χ0v) is 17.1. The first kappa shape index (κ1) is 19.2. The fourth-order valence-electron chi connectivity index (χ4n) is 2.45. The number of benzene rings is 1. The maximum atomic E-state index is 5.89. The van der Waals surface area contributed by atoms with E-state index in [1.54, 1.807) is 7.05 Å². The van der Waals surface area contributed by atoms with Gasteiger partial charge in [0.1, 0.15) is 17.2 Å². The van der Waals surface area contributed by atoms with Gasteiger partial charge in [-0.2, -0.15) is 0 Å². The summed E-state index contributed by atoms with van der Waals surface area (Å²) in [6, 6.07) is 10.0. The highest BCUT2D eigenvalue weighted by Gasteiger charge is 2.13. The van der Waals surface area contributed by atoms with Crippen LogP contribution >= 0.6 is 24.0 Å². The van der Waals surface area contributed by atoms with Crippen molar-refractivity contribution in [3.63, 3.8) is 0 Å². The van der Waals surface area contributed by atoms with E-state index in [0.717, 1.165) is 28.4 Å². The zero-order chi connectivity index (χ0) is 17.1. The number of halogens is 1. The van der Waals surface area contributed by atoms with Crippen molar-refractivity contribution in [1.29, 1.82) is 0 Å². The van der Waals surface area contributed by atoms with Gasteiger partial charge < -0.3 is 19.6 Å².